The van der Waals surface area contributed by atoms with E-state index in [1.807, 2.05) is 6.08 Å². The van der Waals surface area contributed by atoms with Gasteiger partial charge in [0.05, 0.1) is 32.0 Å². The topological polar surface area (TPSA) is 228 Å². The van der Waals surface area contributed by atoms with Gasteiger partial charge in [-0.3, -0.25) is 4.79 Å². The van der Waals surface area contributed by atoms with Gasteiger partial charge in [-0.2, -0.15) is 0 Å². The number of hydrogen-bond donors (Lipinski definition) is 9. The van der Waals surface area contributed by atoms with Crippen molar-refractivity contribution in [2.75, 3.05) is 19.8 Å². The highest BCUT2D eigenvalue weighted by Crippen LogP contribution is 2.30. The third kappa shape index (κ3) is 41.3. The number of unbranched alkanes of at least 4 members (excludes halogenated alkanes) is 49. The molecule has 2 aliphatic rings. The second kappa shape index (κ2) is 57.6. The number of carbonyl (C=O) groups excluding carboxylic acids is 1. The van der Waals surface area contributed by atoms with Gasteiger partial charge >= 0.3 is 0 Å². The van der Waals surface area contributed by atoms with Gasteiger partial charge in [0.25, 0.3) is 0 Å². The lowest BCUT2D eigenvalue weighted by atomic mass is 9.97. The zero-order chi connectivity index (χ0) is 62.3. The Morgan fingerprint density at radius 2 is 0.721 bits per heavy atom. The summed E-state index contributed by atoms with van der Waals surface area (Å²) in [5.41, 5.74) is 0. The molecule has 0 aliphatic carbocycles. The summed E-state index contributed by atoms with van der Waals surface area (Å²) in [6.07, 6.45) is 54.2. The number of rotatable bonds is 62. The highest BCUT2D eigenvalue weighted by atomic mass is 16.7. The minimum Gasteiger partial charge on any atom is -0.394 e. The molecule has 0 saturated carbocycles. The van der Waals surface area contributed by atoms with E-state index >= 15 is 0 Å². The molecule has 0 aromatic heterocycles. The van der Waals surface area contributed by atoms with Gasteiger partial charge in [-0.05, 0) is 19.3 Å². The van der Waals surface area contributed by atoms with Gasteiger partial charge in [0, 0.05) is 6.42 Å². The lowest BCUT2D eigenvalue weighted by molar-refractivity contribution is -0.359. The molecule has 0 aromatic carbocycles. The molecule has 2 saturated heterocycles. The third-order valence-corrected chi connectivity index (χ3v) is 18.5. The van der Waals surface area contributed by atoms with E-state index in [1.165, 1.54) is 283 Å². The highest BCUT2D eigenvalue weighted by molar-refractivity contribution is 5.76. The first-order valence-electron chi connectivity index (χ1n) is 36.9. The first-order valence-corrected chi connectivity index (χ1v) is 36.9. The van der Waals surface area contributed by atoms with Crippen molar-refractivity contribution >= 4 is 5.91 Å². The van der Waals surface area contributed by atoms with E-state index in [-0.39, 0.29) is 18.9 Å². The molecule has 0 bridgehead atoms. The number of aliphatic hydroxyl groups excluding tert-OH is 8. The summed E-state index contributed by atoms with van der Waals surface area (Å²) in [6.45, 7) is 2.87. The van der Waals surface area contributed by atoms with Crippen LogP contribution in [-0.4, -0.2) is 140 Å². The number of ether oxygens (including phenoxy) is 4. The van der Waals surface area contributed by atoms with Crippen molar-refractivity contribution < 1.29 is 64.6 Å². The molecule has 12 atom stereocenters. The Labute approximate surface area is 526 Å². The Morgan fingerprint density at radius 1 is 0.407 bits per heavy atom. The molecule has 14 nitrogen and oxygen atoms in total. The van der Waals surface area contributed by atoms with Crippen LogP contribution in [0.1, 0.15) is 348 Å². The summed E-state index contributed by atoms with van der Waals surface area (Å²) in [4.78, 5) is 13.3. The van der Waals surface area contributed by atoms with Crippen LogP contribution < -0.4 is 5.32 Å². The van der Waals surface area contributed by atoms with E-state index in [4.69, 9.17) is 18.9 Å². The maximum Gasteiger partial charge on any atom is 0.220 e. The maximum absolute atomic E-state index is 13.3. The summed E-state index contributed by atoms with van der Waals surface area (Å²) in [6, 6.07) is -0.911. The smallest absolute Gasteiger partial charge is 0.220 e. The van der Waals surface area contributed by atoms with Crippen LogP contribution in [0.2, 0.25) is 0 Å². The van der Waals surface area contributed by atoms with Crippen LogP contribution in [0.15, 0.2) is 12.2 Å². The Bertz CT molecular complexity index is 1490. The van der Waals surface area contributed by atoms with Gasteiger partial charge in [0.2, 0.25) is 5.91 Å². The fourth-order valence-corrected chi connectivity index (χ4v) is 12.6. The van der Waals surface area contributed by atoms with Gasteiger partial charge in [-0.25, -0.2) is 0 Å². The zero-order valence-corrected chi connectivity index (χ0v) is 55.6. The van der Waals surface area contributed by atoms with Crippen LogP contribution in [-0.2, 0) is 23.7 Å². The van der Waals surface area contributed by atoms with E-state index in [1.54, 1.807) is 6.08 Å². The molecule has 14 heteroatoms. The average Bonchev–Trinajstić information content (AvgIpc) is 2.54. The third-order valence-electron chi connectivity index (χ3n) is 18.5. The predicted octanol–water partition coefficient (Wildman–Crippen LogP) is 15.4. The van der Waals surface area contributed by atoms with Gasteiger partial charge < -0.3 is 65.1 Å². The Balaban J connectivity index is 1.66. The SMILES string of the molecule is CCCCCCCCCCCCCCCCCCCCCCCCCCCC/C=C/C(O)C(COC1OC(CO)C(OC2OC(CO)C(O)C(O)C2O)C(O)C1O)NC(=O)CCCCCCCCCCCCCCCCCCCCCCCCCC. The van der Waals surface area contributed by atoms with E-state index < -0.39 is 86.8 Å². The fourth-order valence-electron chi connectivity index (χ4n) is 12.6. The summed E-state index contributed by atoms with van der Waals surface area (Å²) in [5, 5.41) is 87.5. The predicted molar refractivity (Wildman–Crippen MR) is 351 cm³/mol. The minimum absolute atomic E-state index is 0.230. The van der Waals surface area contributed by atoms with Crippen molar-refractivity contribution in [1.82, 2.24) is 5.32 Å². The normalized spacial score (nSPS) is 23.4. The number of hydrogen-bond acceptors (Lipinski definition) is 13. The van der Waals surface area contributed by atoms with Crippen LogP contribution >= 0.6 is 0 Å². The number of amides is 1. The molecule has 1 amide bonds. The van der Waals surface area contributed by atoms with Crippen LogP contribution in [0.4, 0.5) is 0 Å². The van der Waals surface area contributed by atoms with Crippen molar-refractivity contribution in [3.8, 4) is 0 Å². The second-order valence-electron chi connectivity index (χ2n) is 26.4. The lowest BCUT2D eigenvalue weighted by Crippen LogP contribution is -2.65. The molecule has 2 rings (SSSR count). The Kier molecular flexibility index (Phi) is 54.1. The summed E-state index contributed by atoms with van der Waals surface area (Å²) in [7, 11) is 0. The standard InChI is InChI=1S/C72H139NO13/c1-3-5-7-9-11-13-15-17-19-21-23-25-27-29-30-31-32-33-35-37-39-41-43-45-47-49-51-53-55-61(76)60(59-83-71-69(82)67(80)70(63(58-75)85-71)86-72-68(81)66(79)65(78)62(57-74)84-72)73-64(77)56-54-52-50-48-46-44-42-40-38-36-34-28-26-24-22-20-18-16-14-12-10-8-6-4-2/h53,55,60-63,65-72,74-76,78-82H,3-52,54,56-59H2,1-2H3,(H,73,77)/b55-53+. The summed E-state index contributed by atoms with van der Waals surface area (Å²) >= 11 is 0. The van der Waals surface area contributed by atoms with Crippen molar-refractivity contribution in [3.05, 3.63) is 12.2 Å². The fraction of sp³-hybridized carbons (Fsp3) is 0.958. The molecule has 0 radical (unpaired) electrons. The maximum atomic E-state index is 13.3. The van der Waals surface area contributed by atoms with Crippen molar-refractivity contribution in [2.45, 2.75) is 421 Å². The first-order chi connectivity index (χ1) is 42.1. The van der Waals surface area contributed by atoms with Crippen molar-refractivity contribution in [3.63, 3.8) is 0 Å². The Morgan fingerprint density at radius 3 is 1.07 bits per heavy atom. The van der Waals surface area contributed by atoms with Crippen LogP contribution in [0, 0.1) is 0 Å². The van der Waals surface area contributed by atoms with Crippen molar-refractivity contribution in [1.29, 1.82) is 0 Å². The number of allylic oxidation sites excluding steroid dienone is 1. The van der Waals surface area contributed by atoms with E-state index in [9.17, 15) is 45.6 Å². The highest BCUT2D eigenvalue weighted by Gasteiger charge is 2.51. The molecular weight excluding hydrogens is 1090 g/mol. The Hall–Kier alpha value is -1.27. The molecule has 0 aromatic rings. The van der Waals surface area contributed by atoms with E-state index in [0.717, 1.165) is 44.9 Å². The second-order valence-corrected chi connectivity index (χ2v) is 26.4. The van der Waals surface area contributed by atoms with E-state index in [2.05, 4.69) is 19.2 Å². The molecule has 0 spiro atoms. The van der Waals surface area contributed by atoms with Crippen LogP contribution in [0.5, 0.6) is 0 Å². The monoisotopic (exact) mass is 1230 g/mol. The molecule has 12 unspecified atom stereocenters. The average molecular weight is 1230 g/mol. The van der Waals surface area contributed by atoms with Gasteiger partial charge in [-0.15, -0.1) is 0 Å². The zero-order valence-electron chi connectivity index (χ0n) is 55.6. The quantitative estimate of drug-likeness (QED) is 0.0204. The molecule has 9 N–H and O–H groups in total. The number of nitrogens with one attached hydrogen (secondary N) is 1. The number of carbonyl (C=O) groups is 1. The molecule has 2 heterocycles. The van der Waals surface area contributed by atoms with Crippen LogP contribution in [0.25, 0.3) is 0 Å². The molecule has 86 heavy (non-hydrogen) atoms. The van der Waals surface area contributed by atoms with Crippen molar-refractivity contribution in [2.24, 2.45) is 0 Å². The molecule has 510 valence electrons. The number of aliphatic hydroxyl groups is 8. The molecule has 2 fully saturated rings. The largest absolute Gasteiger partial charge is 0.394 e. The molecular formula is C72H139NO13. The minimum atomic E-state index is -1.79. The van der Waals surface area contributed by atoms with Gasteiger partial charge in [0.15, 0.2) is 12.6 Å². The molecule has 2 aliphatic heterocycles. The van der Waals surface area contributed by atoms with Crippen LogP contribution in [0.3, 0.4) is 0 Å². The van der Waals surface area contributed by atoms with E-state index in [0.29, 0.717) is 0 Å². The van der Waals surface area contributed by atoms with Gasteiger partial charge in [-0.1, -0.05) is 334 Å². The first kappa shape index (κ1) is 80.8. The summed E-state index contributed by atoms with van der Waals surface area (Å²) in [5.74, 6) is -0.230. The van der Waals surface area contributed by atoms with Gasteiger partial charge in [0.1, 0.15) is 48.8 Å². The summed E-state index contributed by atoms with van der Waals surface area (Å²) < 4.78 is 22.9. The lowest BCUT2D eigenvalue weighted by Gasteiger charge is -2.46.